The fraction of sp³-hybridized carbons (Fsp3) is 1.00. The van der Waals surface area contributed by atoms with E-state index in [1.54, 1.807) is 0 Å². The van der Waals surface area contributed by atoms with Gasteiger partial charge in [-0.25, -0.2) is 0 Å². The third-order valence-corrected chi connectivity index (χ3v) is 3.47. The summed E-state index contributed by atoms with van der Waals surface area (Å²) < 4.78 is 0. The van der Waals surface area contributed by atoms with Gasteiger partial charge < -0.3 is 10.0 Å². The SMILES string of the molecule is CC(C)C(C)N(C)CC(C)(O)C(C)C. The van der Waals surface area contributed by atoms with Crippen LogP contribution in [0.3, 0.4) is 0 Å². The Morgan fingerprint density at radius 1 is 1.14 bits per heavy atom. The van der Waals surface area contributed by atoms with Crippen LogP contribution in [0.2, 0.25) is 0 Å². The summed E-state index contributed by atoms with van der Waals surface area (Å²) in [6, 6.07) is 0.514. The average Bonchev–Trinajstić information content (AvgIpc) is 2.01. The Bertz CT molecular complexity index is 164. The van der Waals surface area contributed by atoms with Gasteiger partial charge >= 0.3 is 0 Å². The molecule has 0 saturated heterocycles. The fourth-order valence-corrected chi connectivity index (χ4v) is 1.34. The lowest BCUT2D eigenvalue weighted by Crippen LogP contribution is -2.47. The fourth-order valence-electron chi connectivity index (χ4n) is 1.34. The van der Waals surface area contributed by atoms with Gasteiger partial charge in [0.1, 0.15) is 0 Å². The van der Waals surface area contributed by atoms with Crippen molar-refractivity contribution in [1.82, 2.24) is 4.90 Å². The van der Waals surface area contributed by atoms with Gasteiger partial charge in [-0.3, -0.25) is 0 Å². The van der Waals surface area contributed by atoms with E-state index in [0.717, 1.165) is 6.54 Å². The monoisotopic (exact) mass is 201 g/mol. The van der Waals surface area contributed by atoms with Gasteiger partial charge in [0.15, 0.2) is 0 Å². The zero-order valence-corrected chi connectivity index (χ0v) is 10.8. The molecule has 0 radical (unpaired) electrons. The number of rotatable bonds is 5. The van der Waals surface area contributed by atoms with Crippen LogP contribution < -0.4 is 0 Å². The van der Waals surface area contributed by atoms with Crippen LogP contribution in [0.25, 0.3) is 0 Å². The summed E-state index contributed by atoms with van der Waals surface area (Å²) >= 11 is 0. The summed E-state index contributed by atoms with van der Waals surface area (Å²) in [5.74, 6) is 0.923. The van der Waals surface area contributed by atoms with Gasteiger partial charge in [-0.1, -0.05) is 27.7 Å². The summed E-state index contributed by atoms with van der Waals surface area (Å²) in [7, 11) is 2.08. The highest BCUT2D eigenvalue weighted by Crippen LogP contribution is 2.19. The minimum absolute atomic E-state index is 0.296. The van der Waals surface area contributed by atoms with E-state index in [1.165, 1.54) is 0 Å². The molecule has 14 heavy (non-hydrogen) atoms. The highest BCUT2D eigenvalue weighted by Gasteiger charge is 2.28. The first-order chi connectivity index (χ1) is 6.18. The first-order valence-electron chi connectivity index (χ1n) is 5.61. The first kappa shape index (κ1) is 13.9. The van der Waals surface area contributed by atoms with Crippen molar-refractivity contribution in [3.63, 3.8) is 0 Å². The minimum Gasteiger partial charge on any atom is -0.389 e. The summed E-state index contributed by atoms with van der Waals surface area (Å²) in [6.45, 7) is 13.4. The van der Waals surface area contributed by atoms with Gasteiger partial charge in [0.05, 0.1) is 5.60 Å². The van der Waals surface area contributed by atoms with E-state index < -0.39 is 5.60 Å². The molecule has 0 bridgehead atoms. The Hall–Kier alpha value is -0.0800. The third kappa shape index (κ3) is 3.97. The molecule has 0 fully saturated rings. The first-order valence-corrected chi connectivity index (χ1v) is 5.61. The molecule has 0 heterocycles. The van der Waals surface area contributed by atoms with Crippen LogP contribution in [0.4, 0.5) is 0 Å². The maximum atomic E-state index is 10.2. The van der Waals surface area contributed by atoms with Crippen molar-refractivity contribution >= 4 is 0 Å². The number of hydrogen-bond acceptors (Lipinski definition) is 2. The Morgan fingerprint density at radius 2 is 1.57 bits per heavy atom. The Labute approximate surface area is 89.3 Å². The molecule has 0 aliphatic heterocycles. The molecule has 0 spiro atoms. The normalized spacial score (nSPS) is 19.1. The third-order valence-electron chi connectivity index (χ3n) is 3.47. The minimum atomic E-state index is -0.585. The van der Waals surface area contributed by atoms with E-state index >= 15 is 0 Å². The standard InChI is InChI=1S/C12H27NO/c1-9(2)11(5)13(7)8-12(6,14)10(3)4/h9-11,14H,8H2,1-7H3. The molecule has 86 valence electrons. The summed E-state index contributed by atoms with van der Waals surface area (Å²) in [4.78, 5) is 2.24. The Kier molecular flexibility index (Phi) is 5.10. The topological polar surface area (TPSA) is 23.5 Å². The van der Waals surface area contributed by atoms with Gasteiger partial charge in [0.25, 0.3) is 0 Å². The second-order valence-electron chi connectivity index (χ2n) is 5.41. The average molecular weight is 201 g/mol. The van der Waals surface area contributed by atoms with Crippen molar-refractivity contribution in [1.29, 1.82) is 0 Å². The van der Waals surface area contributed by atoms with Crippen LogP contribution >= 0.6 is 0 Å². The predicted octanol–water partition coefficient (Wildman–Crippen LogP) is 2.37. The van der Waals surface area contributed by atoms with Gasteiger partial charge in [-0.2, -0.15) is 0 Å². The van der Waals surface area contributed by atoms with E-state index in [2.05, 4.69) is 46.6 Å². The van der Waals surface area contributed by atoms with Crippen LogP contribution in [-0.4, -0.2) is 35.2 Å². The van der Waals surface area contributed by atoms with E-state index in [1.807, 2.05) is 6.92 Å². The van der Waals surface area contributed by atoms with Crippen molar-refractivity contribution in [3.8, 4) is 0 Å². The highest BCUT2D eigenvalue weighted by molar-refractivity contribution is 4.82. The number of hydrogen-bond donors (Lipinski definition) is 1. The highest BCUT2D eigenvalue weighted by atomic mass is 16.3. The van der Waals surface area contributed by atoms with Gasteiger partial charge in [-0.05, 0) is 32.7 Å². The summed E-state index contributed by atoms with van der Waals surface area (Å²) in [6.07, 6.45) is 0. The van der Waals surface area contributed by atoms with Gasteiger partial charge in [0, 0.05) is 12.6 Å². The molecule has 2 nitrogen and oxygen atoms in total. The molecule has 2 heteroatoms. The van der Waals surface area contributed by atoms with Crippen molar-refractivity contribution < 1.29 is 5.11 Å². The van der Waals surface area contributed by atoms with Crippen molar-refractivity contribution in [2.24, 2.45) is 11.8 Å². The second-order valence-corrected chi connectivity index (χ2v) is 5.41. The van der Waals surface area contributed by atoms with E-state index in [0.29, 0.717) is 17.9 Å². The van der Waals surface area contributed by atoms with Crippen LogP contribution in [-0.2, 0) is 0 Å². The van der Waals surface area contributed by atoms with E-state index in [4.69, 9.17) is 0 Å². The summed E-state index contributed by atoms with van der Waals surface area (Å²) in [5.41, 5.74) is -0.585. The predicted molar refractivity (Wildman–Crippen MR) is 62.4 cm³/mol. The molecule has 0 aromatic heterocycles. The molecule has 1 N–H and O–H groups in total. The maximum Gasteiger partial charge on any atom is 0.0768 e. The molecule has 0 rings (SSSR count). The second kappa shape index (κ2) is 5.13. The lowest BCUT2D eigenvalue weighted by Gasteiger charge is -2.36. The quantitative estimate of drug-likeness (QED) is 0.738. The molecule has 0 aliphatic carbocycles. The largest absolute Gasteiger partial charge is 0.389 e. The zero-order chi connectivity index (χ0) is 11.5. The Morgan fingerprint density at radius 3 is 1.86 bits per heavy atom. The van der Waals surface area contributed by atoms with E-state index in [-0.39, 0.29) is 0 Å². The summed E-state index contributed by atoms with van der Waals surface area (Å²) in [5, 5.41) is 10.2. The molecule has 0 aliphatic rings. The van der Waals surface area contributed by atoms with E-state index in [9.17, 15) is 5.11 Å². The van der Waals surface area contributed by atoms with Crippen molar-refractivity contribution in [3.05, 3.63) is 0 Å². The van der Waals surface area contributed by atoms with Gasteiger partial charge in [-0.15, -0.1) is 0 Å². The maximum absolute atomic E-state index is 10.2. The molecular weight excluding hydrogens is 174 g/mol. The van der Waals surface area contributed by atoms with Crippen LogP contribution in [0, 0.1) is 11.8 Å². The van der Waals surface area contributed by atoms with Crippen LogP contribution in [0.1, 0.15) is 41.5 Å². The number of aliphatic hydroxyl groups is 1. The van der Waals surface area contributed by atoms with Crippen molar-refractivity contribution in [2.45, 2.75) is 53.2 Å². The zero-order valence-electron chi connectivity index (χ0n) is 10.8. The van der Waals surface area contributed by atoms with Gasteiger partial charge in [0.2, 0.25) is 0 Å². The van der Waals surface area contributed by atoms with Crippen LogP contribution in [0.5, 0.6) is 0 Å². The molecule has 0 aromatic rings. The molecule has 2 unspecified atom stereocenters. The molecular formula is C12H27NO. The Balaban J connectivity index is 4.24. The molecule has 2 atom stereocenters. The lowest BCUT2D eigenvalue weighted by molar-refractivity contribution is -0.0244. The molecule has 0 amide bonds. The molecule has 0 aromatic carbocycles. The smallest absolute Gasteiger partial charge is 0.0768 e. The van der Waals surface area contributed by atoms with Crippen LogP contribution in [0.15, 0.2) is 0 Å². The van der Waals surface area contributed by atoms with Crippen molar-refractivity contribution in [2.75, 3.05) is 13.6 Å². The lowest BCUT2D eigenvalue weighted by atomic mass is 9.91. The number of nitrogens with zero attached hydrogens (tertiary/aromatic N) is 1. The molecule has 0 saturated carbocycles. The number of likely N-dealkylation sites (N-methyl/N-ethyl adjacent to an activating group) is 1.